The fourth-order valence-corrected chi connectivity index (χ4v) is 11.2. The van der Waals surface area contributed by atoms with Crippen LogP contribution in [-0.2, 0) is 9.53 Å². The van der Waals surface area contributed by atoms with E-state index in [-0.39, 0.29) is 42.8 Å². The first-order valence-electron chi connectivity index (χ1n) is 25.8. The summed E-state index contributed by atoms with van der Waals surface area (Å²) in [4.78, 5) is 75.0. The van der Waals surface area contributed by atoms with Crippen LogP contribution in [0.15, 0.2) is 60.7 Å². The second-order valence-corrected chi connectivity index (χ2v) is 19.9. The summed E-state index contributed by atoms with van der Waals surface area (Å²) >= 11 is 0. The highest BCUT2D eigenvalue weighted by Crippen LogP contribution is 2.47. The normalized spacial score (nSPS) is 14.1. The van der Waals surface area contributed by atoms with E-state index >= 15 is 0 Å². The number of benzene rings is 5. The van der Waals surface area contributed by atoms with Gasteiger partial charge in [0.15, 0.2) is 0 Å². The fourth-order valence-electron chi connectivity index (χ4n) is 11.2. The Balaban J connectivity index is 1.27. The Morgan fingerprint density at radius 3 is 1.26 bits per heavy atom. The van der Waals surface area contributed by atoms with Gasteiger partial charge in [-0.05, 0) is 89.2 Å². The lowest BCUT2D eigenvalue weighted by atomic mass is 9.77. The van der Waals surface area contributed by atoms with E-state index in [1.807, 2.05) is 48.5 Å². The Labute approximate surface area is 393 Å². The summed E-state index contributed by atoms with van der Waals surface area (Å²) in [7, 11) is 0. The van der Waals surface area contributed by atoms with Gasteiger partial charge in [-0.25, -0.2) is 4.79 Å². The number of carbonyl (C=O) groups excluding carboxylic acids is 5. The SMILES string of the molecule is C=C(C)C(=O)OCC(CCCCCC)(CCCCCC)CN1C(=O)c2ccc3c4ccc5c6c(ccc(c7ccc(c2c37)C1=O)c64)C(=O)N(C(CCCCCCC)CCCCCCC)C5=O. The van der Waals surface area contributed by atoms with Crippen molar-refractivity contribution >= 4 is 72.7 Å². The molecule has 0 saturated heterocycles. The maximum atomic E-state index is 14.9. The third kappa shape index (κ3) is 9.80. The molecule has 2 aliphatic rings. The number of esters is 1. The van der Waals surface area contributed by atoms with Crippen molar-refractivity contribution in [1.29, 1.82) is 0 Å². The van der Waals surface area contributed by atoms with Gasteiger partial charge in [0.2, 0.25) is 0 Å². The first-order valence-corrected chi connectivity index (χ1v) is 25.8. The Hall–Kier alpha value is -5.11. The van der Waals surface area contributed by atoms with Crippen LogP contribution in [0.25, 0.3) is 43.1 Å². The zero-order chi connectivity index (χ0) is 47.0. The molecular formula is C58H74N2O6. The van der Waals surface area contributed by atoms with Crippen molar-refractivity contribution in [2.45, 2.75) is 182 Å². The van der Waals surface area contributed by atoms with Gasteiger partial charge in [0.05, 0.1) is 6.61 Å². The van der Waals surface area contributed by atoms with E-state index in [1.54, 1.807) is 11.8 Å². The molecule has 0 radical (unpaired) electrons. The zero-order valence-corrected chi connectivity index (χ0v) is 40.7. The van der Waals surface area contributed by atoms with Crippen LogP contribution in [-0.4, -0.2) is 58.6 Å². The van der Waals surface area contributed by atoms with Crippen molar-refractivity contribution in [2.75, 3.05) is 13.2 Å². The van der Waals surface area contributed by atoms with Crippen molar-refractivity contribution < 1.29 is 28.7 Å². The van der Waals surface area contributed by atoms with Gasteiger partial charge in [0.1, 0.15) is 0 Å². The molecule has 0 unspecified atom stereocenters. The average Bonchev–Trinajstić information content (AvgIpc) is 3.32. The van der Waals surface area contributed by atoms with Crippen LogP contribution in [0, 0.1) is 5.41 Å². The van der Waals surface area contributed by atoms with Crippen molar-refractivity contribution in [1.82, 2.24) is 9.80 Å². The minimum Gasteiger partial charge on any atom is -0.462 e. The van der Waals surface area contributed by atoms with E-state index in [0.29, 0.717) is 38.6 Å². The molecule has 0 saturated carbocycles. The Morgan fingerprint density at radius 1 is 0.515 bits per heavy atom. The summed E-state index contributed by atoms with van der Waals surface area (Å²) in [6.45, 7) is 14.5. The Kier molecular flexibility index (Phi) is 16.4. The molecule has 0 aromatic heterocycles. The second kappa shape index (κ2) is 22.1. The van der Waals surface area contributed by atoms with Gasteiger partial charge in [0.25, 0.3) is 23.6 Å². The molecule has 0 bridgehead atoms. The van der Waals surface area contributed by atoms with Gasteiger partial charge < -0.3 is 4.74 Å². The molecule has 7 rings (SSSR count). The maximum absolute atomic E-state index is 14.9. The van der Waals surface area contributed by atoms with Crippen LogP contribution < -0.4 is 0 Å². The van der Waals surface area contributed by atoms with Gasteiger partial charge in [-0.3, -0.25) is 29.0 Å². The van der Waals surface area contributed by atoms with Crippen LogP contribution in [0.5, 0.6) is 0 Å². The number of fused-ring (bicyclic) bond motifs is 2. The fraction of sp³-hybridized carbons (Fsp3) is 0.534. The summed E-state index contributed by atoms with van der Waals surface area (Å²) in [6, 6.07) is 15.3. The molecule has 8 heteroatoms. The van der Waals surface area contributed by atoms with Crippen LogP contribution in [0.4, 0.5) is 0 Å². The molecular weight excluding hydrogens is 821 g/mol. The topological polar surface area (TPSA) is 101 Å². The van der Waals surface area contributed by atoms with Crippen LogP contribution in [0.1, 0.15) is 217 Å². The molecule has 0 spiro atoms. The first-order chi connectivity index (χ1) is 32.0. The molecule has 66 heavy (non-hydrogen) atoms. The van der Waals surface area contributed by atoms with Crippen LogP contribution in [0.3, 0.4) is 0 Å². The van der Waals surface area contributed by atoms with E-state index in [2.05, 4.69) is 34.3 Å². The predicted molar refractivity (Wildman–Crippen MR) is 270 cm³/mol. The molecule has 8 nitrogen and oxygen atoms in total. The van der Waals surface area contributed by atoms with E-state index in [9.17, 15) is 24.0 Å². The van der Waals surface area contributed by atoms with Gasteiger partial charge in [0, 0.05) is 56.6 Å². The van der Waals surface area contributed by atoms with Gasteiger partial charge in [-0.15, -0.1) is 0 Å². The van der Waals surface area contributed by atoms with Gasteiger partial charge >= 0.3 is 5.97 Å². The molecule has 0 aliphatic carbocycles. The van der Waals surface area contributed by atoms with E-state index in [0.717, 1.165) is 135 Å². The van der Waals surface area contributed by atoms with Crippen molar-refractivity contribution in [3.05, 3.63) is 82.9 Å². The summed E-state index contributed by atoms with van der Waals surface area (Å²) in [5.41, 5.74) is 1.78. The maximum Gasteiger partial charge on any atom is 0.333 e. The third-order valence-electron chi connectivity index (χ3n) is 14.9. The van der Waals surface area contributed by atoms with Crippen LogP contribution in [0.2, 0.25) is 0 Å². The minimum absolute atomic E-state index is 0.112. The minimum atomic E-state index is -0.609. The predicted octanol–water partition coefficient (Wildman–Crippen LogP) is 15.1. The third-order valence-corrected chi connectivity index (χ3v) is 14.9. The monoisotopic (exact) mass is 895 g/mol. The summed E-state index contributed by atoms with van der Waals surface area (Å²) in [5.74, 6) is -1.56. The highest BCUT2D eigenvalue weighted by atomic mass is 16.5. The largest absolute Gasteiger partial charge is 0.462 e. The summed E-state index contributed by atoms with van der Waals surface area (Å²) < 4.78 is 5.92. The molecule has 0 fully saturated rings. The molecule has 2 heterocycles. The van der Waals surface area contributed by atoms with E-state index < -0.39 is 11.4 Å². The lowest BCUT2D eigenvalue weighted by Gasteiger charge is -2.39. The van der Waals surface area contributed by atoms with Gasteiger partial charge in [-0.2, -0.15) is 0 Å². The van der Waals surface area contributed by atoms with Crippen LogP contribution >= 0.6 is 0 Å². The summed E-state index contributed by atoms with van der Waals surface area (Å²) in [6.07, 6.45) is 22.5. The highest BCUT2D eigenvalue weighted by Gasteiger charge is 2.42. The van der Waals surface area contributed by atoms with Crippen molar-refractivity contribution in [3.8, 4) is 0 Å². The first kappa shape index (κ1) is 48.8. The number of rotatable bonds is 28. The number of carbonyl (C=O) groups is 5. The number of amides is 4. The lowest BCUT2D eigenvalue weighted by Crippen LogP contribution is -2.48. The van der Waals surface area contributed by atoms with Gasteiger partial charge in [-0.1, -0.05) is 174 Å². The molecule has 5 aromatic rings. The Morgan fingerprint density at radius 2 is 0.879 bits per heavy atom. The highest BCUT2D eigenvalue weighted by molar-refractivity contribution is 6.41. The van der Waals surface area contributed by atoms with Crippen molar-refractivity contribution in [3.63, 3.8) is 0 Å². The lowest BCUT2D eigenvalue weighted by molar-refractivity contribution is -0.143. The number of hydrogen-bond donors (Lipinski definition) is 0. The van der Waals surface area contributed by atoms with E-state index in [4.69, 9.17) is 4.74 Å². The number of nitrogens with zero attached hydrogens (tertiary/aromatic N) is 2. The second-order valence-electron chi connectivity index (χ2n) is 19.9. The zero-order valence-electron chi connectivity index (χ0n) is 40.7. The molecule has 5 aromatic carbocycles. The molecule has 4 amide bonds. The molecule has 0 N–H and O–H groups in total. The quantitative estimate of drug-likeness (QED) is 0.0124. The standard InChI is InChI=1S/C58H74N2O6/c1-7-11-15-19-21-25-40(26-22-20-16-12-8-2)60-55(63)47-33-29-43-41-27-31-45-51-46(32-28-42(49(41)51)44-30-34-48(56(60)64)52(47)50(43)44)54(62)59(53(45)61)37-58(35-23-17-13-9-3,36-24-18-14-10-4)38-66-57(65)39(5)6/h27-34,40H,5,7-26,35-38H2,1-4,6H3. The molecule has 0 atom stereocenters. The number of ether oxygens (including phenoxy) is 1. The average molecular weight is 895 g/mol. The molecule has 352 valence electrons. The number of imide groups is 2. The summed E-state index contributed by atoms with van der Waals surface area (Å²) in [5, 5.41) is 6.57. The smallest absolute Gasteiger partial charge is 0.333 e. The Bertz CT molecular complexity index is 2440. The molecule has 2 aliphatic heterocycles. The number of hydrogen-bond acceptors (Lipinski definition) is 6. The van der Waals surface area contributed by atoms with E-state index in [1.165, 1.54) is 43.4 Å². The van der Waals surface area contributed by atoms with Crippen molar-refractivity contribution in [2.24, 2.45) is 5.41 Å². The number of unbranched alkanes of at least 4 members (excludes halogenated alkanes) is 14.